The Bertz CT molecular complexity index is 938. The number of nitrogens with zero attached hydrogens (tertiary/aromatic N) is 2. The fraction of sp³-hybridized carbons (Fsp3) is 0.565. The second-order valence-electron chi connectivity index (χ2n) is 9.13. The summed E-state index contributed by atoms with van der Waals surface area (Å²) in [5, 5.41) is 27.8. The van der Waals surface area contributed by atoms with Crippen LogP contribution in [-0.2, 0) is 0 Å². The number of phenols is 2. The van der Waals surface area contributed by atoms with Crippen molar-refractivity contribution in [2.45, 2.75) is 45.4 Å². The summed E-state index contributed by atoms with van der Waals surface area (Å²) in [4.78, 5) is 15.1. The fourth-order valence-corrected chi connectivity index (χ4v) is 5.29. The van der Waals surface area contributed by atoms with Crippen molar-refractivity contribution >= 4 is 5.91 Å². The van der Waals surface area contributed by atoms with E-state index in [2.05, 4.69) is 22.4 Å². The summed E-state index contributed by atoms with van der Waals surface area (Å²) < 4.78 is 5.70. The topological polar surface area (TPSA) is 98.8 Å². The molecule has 2 fully saturated rings. The monoisotopic (exact) mass is 413 g/mol. The zero-order chi connectivity index (χ0) is 21.6. The summed E-state index contributed by atoms with van der Waals surface area (Å²) in [5.74, 6) is 1.59. The number of phenolic OH excluding ortho intramolecular Hbond substituents is 2. The number of hydrogen-bond donors (Lipinski definition) is 3. The number of nitrogens with one attached hydrogen (secondary N) is 1. The molecule has 2 unspecified atom stereocenters. The number of aromatic hydroxyl groups is 2. The van der Waals surface area contributed by atoms with Gasteiger partial charge in [0.05, 0.1) is 5.56 Å². The van der Waals surface area contributed by atoms with Crippen LogP contribution in [0.3, 0.4) is 0 Å². The van der Waals surface area contributed by atoms with Gasteiger partial charge in [-0.05, 0) is 62.1 Å². The molecule has 1 aliphatic carbocycles. The third kappa shape index (κ3) is 3.55. The molecule has 1 aliphatic heterocycles. The van der Waals surface area contributed by atoms with E-state index < -0.39 is 0 Å². The predicted molar refractivity (Wildman–Crippen MR) is 114 cm³/mol. The van der Waals surface area contributed by atoms with Crippen LogP contribution in [-0.4, -0.2) is 52.9 Å². The number of aromatic nitrogens is 1. The number of fused-ring (bicyclic) bond motifs is 1. The zero-order valence-electron chi connectivity index (χ0n) is 18.1. The number of carbonyl (C=O) groups excluding carboxylic acids is 1. The minimum Gasteiger partial charge on any atom is -0.508 e. The van der Waals surface area contributed by atoms with Crippen molar-refractivity contribution in [3.05, 3.63) is 29.0 Å². The minimum absolute atomic E-state index is 0.0506. The molecular formula is C23H31N3O4. The summed E-state index contributed by atoms with van der Waals surface area (Å²) in [6.45, 7) is 8.47. The Morgan fingerprint density at radius 2 is 1.90 bits per heavy atom. The van der Waals surface area contributed by atoms with Crippen LogP contribution in [0.1, 0.15) is 67.1 Å². The maximum Gasteiger partial charge on any atom is 0.273 e. The third-order valence-electron chi connectivity index (χ3n) is 6.63. The van der Waals surface area contributed by atoms with Gasteiger partial charge in [0.25, 0.3) is 5.91 Å². The molecule has 2 aliphatic rings. The Labute approximate surface area is 177 Å². The number of benzene rings is 1. The number of rotatable bonds is 5. The Morgan fingerprint density at radius 3 is 2.50 bits per heavy atom. The van der Waals surface area contributed by atoms with Crippen LogP contribution >= 0.6 is 0 Å². The van der Waals surface area contributed by atoms with Gasteiger partial charge in [-0.3, -0.25) is 4.79 Å². The molecule has 2 heterocycles. The van der Waals surface area contributed by atoms with E-state index in [-0.39, 0.29) is 29.2 Å². The van der Waals surface area contributed by atoms with Gasteiger partial charge in [-0.25, -0.2) is 0 Å². The SMILES string of the molecule is CCNC(=O)c1noc(-c2cc(C(C)C)c(O)cc2O)c1C1CC2CN(C)CC2C1. The van der Waals surface area contributed by atoms with Gasteiger partial charge < -0.3 is 25.0 Å². The van der Waals surface area contributed by atoms with E-state index in [9.17, 15) is 15.0 Å². The first-order chi connectivity index (χ1) is 14.3. The van der Waals surface area contributed by atoms with Crippen molar-refractivity contribution in [3.63, 3.8) is 0 Å². The molecule has 2 atom stereocenters. The molecule has 1 amide bonds. The molecule has 1 saturated heterocycles. The van der Waals surface area contributed by atoms with E-state index in [4.69, 9.17) is 4.52 Å². The van der Waals surface area contributed by atoms with E-state index >= 15 is 0 Å². The van der Waals surface area contributed by atoms with Gasteiger partial charge in [-0.15, -0.1) is 0 Å². The maximum atomic E-state index is 12.7. The van der Waals surface area contributed by atoms with E-state index in [0.29, 0.717) is 35.4 Å². The summed E-state index contributed by atoms with van der Waals surface area (Å²) in [6.07, 6.45) is 1.96. The number of hydrogen-bond acceptors (Lipinski definition) is 6. The zero-order valence-corrected chi connectivity index (χ0v) is 18.1. The van der Waals surface area contributed by atoms with E-state index in [1.54, 1.807) is 6.07 Å². The van der Waals surface area contributed by atoms with Crippen LogP contribution in [0.25, 0.3) is 11.3 Å². The highest BCUT2D eigenvalue weighted by Crippen LogP contribution is 2.50. The number of carbonyl (C=O) groups is 1. The molecule has 0 bridgehead atoms. The Hall–Kier alpha value is -2.54. The standard InChI is InChI=1S/C23H31N3O4/c1-5-24-23(29)21-20(13-6-14-10-26(4)11-15(14)7-13)22(30-25-21)17-8-16(12(2)3)18(27)9-19(17)28/h8-9,12-15,27-28H,5-7,10-11H2,1-4H3,(H,24,29). The van der Waals surface area contributed by atoms with Gasteiger partial charge in [0.1, 0.15) is 11.5 Å². The quantitative estimate of drug-likeness (QED) is 0.692. The third-order valence-corrected chi connectivity index (χ3v) is 6.63. The van der Waals surface area contributed by atoms with E-state index in [0.717, 1.165) is 37.1 Å². The first-order valence-corrected chi connectivity index (χ1v) is 10.8. The normalized spacial score (nSPS) is 23.8. The van der Waals surface area contributed by atoms with Gasteiger partial charge in [-0.1, -0.05) is 19.0 Å². The average molecular weight is 414 g/mol. The molecule has 7 heteroatoms. The second kappa shape index (κ2) is 7.95. The molecule has 7 nitrogen and oxygen atoms in total. The fourth-order valence-electron chi connectivity index (χ4n) is 5.29. The molecule has 30 heavy (non-hydrogen) atoms. The van der Waals surface area contributed by atoms with Gasteiger partial charge in [-0.2, -0.15) is 0 Å². The lowest BCUT2D eigenvalue weighted by molar-refractivity contribution is 0.0945. The van der Waals surface area contributed by atoms with Crippen LogP contribution in [0.2, 0.25) is 0 Å². The second-order valence-corrected chi connectivity index (χ2v) is 9.13. The highest BCUT2D eigenvalue weighted by molar-refractivity contribution is 5.95. The molecule has 0 radical (unpaired) electrons. The average Bonchev–Trinajstić information content (AvgIpc) is 3.33. The van der Waals surface area contributed by atoms with Gasteiger partial charge in [0, 0.05) is 31.3 Å². The molecule has 1 aromatic carbocycles. The van der Waals surface area contributed by atoms with Crippen LogP contribution in [0.4, 0.5) is 0 Å². The van der Waals surface area contributed by atoms with Gasteiger partial charge >= 0.3 is 0 Å². The first kappa shape index (κ1) is 20.7. The predicted octanol–water partition coefficient (Wildman–Crippen LogP) is 3.68. The Morgan fingerprint density at radius 1 is 1.23 bits per heavy atom. The largest absolute Gasteiger partial charge is 0.508 e. The number of amides is 1. The molecule has 3 N–H and O–H groups in total. The van der Waals surface area contributed by atoms with Crippen LogP contribution in [0.5, 0.6) is 11.5 Å². The molecule has 4 rings (SSSR count). The maximum absolute atomic E-state index is 12.7. The molecule has 162 valence electrons. The lowest BCUT2D eigenvalue weighted by atomic mass is 9.89. The van der Waals surface area contributed by atoms with E-state index in [1.165, 1.54) is 6.07 Å². The highest BCUT2D eigenvalue weighted by atomic mass is 16.5. The Kier molecular flexibility index (Phi) is 5.49. The highest BCUT2D eigenvalue weighted by Gasteiger charge is 2.43. The summed E-state index contributed by atoms with van der Waals surface area (Å²) in [6, 6.07) is 3.10. The van der Waals surface area contributed by atoms with Crippen molar-refractivity contribution < 1.29 is 19.5 Å². The molecular weight excluding hydrogens is 382 g/mol. The summed E-state index contributed by atoms with van der Waals surface area (Å²) in [5.41, 5.74) is 2.29. The minimum atomic E-state index is -0.251. The van der Waals surface area contributed by atoms with Crippen molar-refractivity contribution in [1.82, 2.24) is 15.4 Å². The number of likely N-dealkylation sites (tertiary alicyclic amines) is 1. The van der Waals surface area contributed by atoms with E-state index in [1.807, 2.05) is 20.8 Å². The van der Waals surface area contributed by atoms with Gasteiger partial charge in [0.2, 0.25) is 0 Å². The van der Waals surface area contributed by atoms with Crippen LogP contribution < -0.4 is 5.32 Å². The summed E-state index contributed by atoms with van der Waals surface area (Å²) >= 11 is 0. The van der Waals surface area contributed by atoms with Gasteiger partial charge in [0.15, 0.2) is 11.5 Å². The Balaban J connectivity index is 1.80. The van der Waals surface area contributed by atoms with Crippen molar-refractivity contribution in [3.8, 4) is 22.8 Å². The first-order valence-electron chi connectivity index (χ1n) is 10.8. The smallest absolute Gasteiger partial charge is 0.273 e. The lowest BCUT2D eigenvalue weighted by Crippen LogP contribution is -2.25. The summed E-state index contributed by atoms with van der Waals surface area (Å²) in [7, 11) is 2.15. The van der Waals surface area contributed by atoms with Crippen molar-refractivity contribution in [2.24, 2.45) is 11.8 Å². The van der Waals surface area contributed by atoms with Crippen LogP contribution in [0, 0.1) is 11.8 Å². The lowest BCUT2D eigenvalue weighted by Gasteiger charge is -2.17. The van der Waals surface area contributed by atoms with Crippen LogP contribution in [0.15, 0.2) is 16.7 Å². The van der Waals surface area contributed by atoms with Crippen molar-refractivity contribution in [2.75, 3.05) is 26.7 Å². The molecule has 1 aromatic heterocycles. The molecule has 2 aromatic rings. The van der Waals surface area contributed by atoms with Crippen molar-refractivity contribution in [1.29, 1.82) is 0 Å². The molecule has 1 saturated carbocycles. The molecule has 0 spiro atoms.